The Balaban J connectivity index is 0.00000169. The minimum absolute atomic E-state index is 0. The van der Waals surface area contributed by atoms with Crippen LogP contribution in [0.3, 0.4) is 0 Å². The molecular formula is C10H20ClNO2. The van der Waals surface area contributed by atoms with Crippen LogP contribution in [0.4, 0.5) is 0 Å². The first-order chi connectivity index (χ1) is 6.29. The lowest BCUT2D eigenvalue weighted by Crippen LogP contribution is -2.33. The van der Waals surface area contributed by atoms with Gasteiger partial charge in [-0.2, -0.15) is 0 Å². The summed E-state index contributed by atoms with van der Waals surface area (Å²) < 4.78 is 5.02. The molecular weight excluding hydrogens is 202 g/mol. The molecule has 14 heavy (non-hydrogen) atoms. The Hall–Kier alpha value is -0.280. The second-order valence-electron chi connectivity index (χ2n) is 3.64. The number of hydrogen-bond donors (Lipinski definition) is 1. The highest BCUT2D eigenvalue weighted by atomic mass is 35.5. The quantitative estimate of drug-likeness (QED) is 0.739. The van der Waals surface area contributed by atoms with Gasteiger partial charge in [-0.15, -0.1) is 12.4 Å². The Morgan fingerprint density at radius 2 is 2.07 bits per heavy atom. The third kappa shape index (κ3) is 3.46. The van der Waals surface area contributed by atoms with Crippen LogP contribution in [0.2, 0.25) is 0 Å². The smallest absolute Gasteiger partial charge is 0.309 e. The van der Waals surface area contributed by atoms with Crippen molar-refractivity contribution in [2.75, 3.05) is 13.2 Å². The minimum atomic E-state index is -0.0438. The van der Waals surface area contributed by atoms with E-state index in [-0.39, 0.29) is 24.3 Å². The molecule has 84 valence electrons. The normalized spacial score (nSPS) is 26.4. The van der Waals surface area contributed by atoms with E-state index >= 15 is 0 Å². The van der Waals surface area contributed by atoms with Crippen LogP contribution in [-0.4, -0.2) is 19.1 Å². The van der Waals surface area contributed by atoms with E-state index in [4.69, 9.17) is 10.5 Å². The van der Waals surface area contributed by atoms with Gasteiger partial charge in [-0.3, -0.25) is 4.79 Å². The van der Waals surface area contributed by atoms with Crippen molar-refractivity contribution in [3.8, 4) is 0 Å². The zero-order chi connectivity index (χ0) is 9.68. The Kier molecular flexibility index (Phi) is 6.93. The average Bonchev–Trinajstić information content (AvgIpc) is 2.18. The van der Waals surface area contributed by atoms with Gasteiger partial charge < -0.3 is 10.5 Å². The number of esters is 1. The van der Waals surface area contributed by atoms with E-state index in [0.717, 1.165) is 19.3 Å². The highest BCUT2D eigenvalue weighted by Crippen LogP contribution is 2.30. The van der Waals surface area contributed by atoms with Gasteiger partial charge in [0.25, 0.3) is 0 Å². The summed E-state index contributed by atoms with van der Waals surface area (Å²) in [6, 6.07) is 0. The van der Waals surface area contributed by atoms with Crippen molar-refractivity contribution in [2.24, 2.45) is 17.6 Å². The summed E-state index contributed by atoms with van der Waals surface area (Å²) in [5.41, 5.74) is 5.62. The molecule has 2 atom stereocenters. The van der Waals surface area contributed by atoms with Crippen molar-refractivity contribution in [3.05, 3.63) is 0 Å². The molecule has 0 saturated heterocycles. The third-order valence-corrected chi connectivity index (χ3v) is 2.80. The SMILES string of the molecule is CCOC(=O)[C@H]1CCCC[C@H]1CN.Cl. The molecule has 0 aromatic carbocycles. The van der Waals surface area contributed by atoms with Crippen LogP contribution in [0.5, 0.6) is 0 Å². The van der Waals surface area contributed by atoms with Crippen LogP contribution >= 0.6 is 12.4 Å². The van der Waals surface area contributed by atoms with E-state index in [1.54, 1.807) is 0 Å². The van der Waals surface area contributed by atoms with E-state index in [2.05, 4.69) is 0 Å². The molecule has 0 amide bonds. The van der Waals surface area contributed by atoms with Crippen LogP contribution in [0, 0.1) is 11.8 Å². The molecule has 1 fully saturated rings. The Morgan fingerprint density at radius 1 is 1.43 bits per heavy atom. The number of ether oxygens (including phenoxy) is 1. The number of carbonyl (C=O) groups is 1. The molecule has 1 rings (SSSR count). The van der Waals surface area contributed by atoms with Crippen LogP contribution in [0.1, 0.15) is 32.6 Å². The maximum atomic E-state index is 11.5. The summed E-state index contributed by atoms with van der Waals surface area (Å²) in [5, 5.41) is 0. The van der Waals surface area contributed by atoms with Gasteiger partial charge in [-0.05, 0) is 32.2 Å². The molecule has 0 bridgehead atoms. The molecule has 0 spiro atoms. The van der Waals surface area contributed by atoms with Crippen molar-refractivity contribution in [2.45, 2.75) is 32.6 Å². The molecule has 3 nitrogen and oxygen atoms in total. The van der Waals surface area contributed by atoms with Crippen molar-refractivity contribution in [1.29, 1.82) is 0 Å². The monoisotopic (exact) mass is 221 g/mol. The lowest BCUT2D eigenvalue weighted by molar-refractivity contribution is -0.151. The van der Waals surface area contributed by atoms with Crippen LogP contribution < -0.4 is 5.73 Å². The standard InChI is InChI=1S/C10H19NO2.ClH/c1-2-13-10(12)9-6-4-3-5-8(9)7-11;/h8-9H,2-7,11H2,1H3;1H/t8-,9-;/m0./s1. The zero-order valence-corrected chi connectivity index (χ0v) is 9.52. The predicted octanol–water partition coefficient (Wildman–Crippen LogP) is 1.74. The van der Waals surface area contributed by atoms with Crippen molar-refractivity contribution in [1.82, 2.24) is 0 Å². The number of hydrogen-bond acceptors (Lipinski definition) is 3. The molecule has 0 unspecified atom stereocenters. The molecule has 4 heteroatoms. The minimum Gasteiger partial charge on any atom is -0.466 e. The molecule has 1 aliphatic carbocycles. The summed E-state index contributed by atoms with van der Waals surface area (Å²) in [6.45, 7) is 2.94. The van der Waals surface area contributed by atoms with Gasteiger partial charge in [-0.1, -0.05) is 12.8 Å². The van der Waals surface area contributed by atoms with Crippen LogP contribution in [0.25, 0.3) is 0 Å². The van der Waals surface area contributed by atoms with Crippen LogP contribution in [-0.2, 0) is 9.53 Å². The molecule has 1 saturated carbocycles. The second-order valence-corrected chi connectivity index (χ2v) is 3.64. The fourth-order valence-electron chi connectivity index (χ4n) is 2.05. The maximum Gasteiger partial charge on any atom is 0.309 e. The summed E-state index contributed by atoms with van der Waals surface area (Å²) in [4.78, 5) is 11.5. The number of nitrogens with two attached hydrogens (primary N) is 1. The molecule has 0 radical (unpaired) electrons. The highest BCUT2D eigenvalue weighted by Gasteiger charge is 2.30. The van der Waals surface area contributed by atoms with Crippen LogP contribution in [0.15, 0.2) is 0 Å². The summed E-state index contributed by atoms with van der Waals surface area (Å²) in [5.74, 6) is 0.379. The van der Waals surface area contributed by atoms with Crippen molar-refractivity contribution >= 4 is 18.4 Å². The van der Waals surface area contributed by atoms with E-state index in [0.29, 0.717) is 19.1 Å². The Bertz CT molecular complexity index is 176. The topological polar surface area (TPSA) is 52.3 Å². The van der Waals surface area contributed by atoms with Crippen molar-refractivity contribution < 1.29 is 9.53 Å². The maximum absolute atomic E-state index is 11.5. The number of carbonyl (C=O) groups excluding carboxylic acids is 1. The first-order valence-corrected chi connectivity index (χ1v) is 5.16. The predicted molar refractivity (Wildman–Crippen MR) is 58.4 cm³/mol. The van der Waals surface area contributed by atoms with E-state index < -0.39 is 0 Å². The molecule has 0 aliphatic heterocycles. The number of rotatable bonds is 3. The van der Waals surface area contributed by atoms with Gasteiger partial charge in [-0.25, -0.2) is 0 Å². The fourth-order valence-corrected chi connectivity index (χ4v) is 2.05. The molecule has 2 N–H and O–H groups in total. The fraction of sp³-hybridized carbons (Fsp3) is 0.900. The van der Waals surface area contributed by atoms with E-state index in [1.807, 2.05) is 6.92 Å². The molecule has 1 aliphatic rings. The van der Waals surface area contributed by atoms with Gasteiger partial charge in [0.2, 0.25) is 0 Å². The van der Waals surface area contributed by atoms with Gasteiger partial charge >= 0.3 is 5.97 Å². The second kappa shape index (κ2) is 7.07. The average molecular weight is 222 g/mol. The first kappa shape index (κ1) is 13.7. The van der Waals surface area contributed by atoms with E-state index in [1.165, 1.54) is 6.42 Å². The van der Waals surface area contributed by atoms with E-state index in [9.17, 15) is 4.79 Å². The summed E-state index contributed by atoms with van der Waals surface area (Å²) in [6.07, 6.45) is 4.39. The molecule has 0 heterocycles. The first-order valence-electron chi connectivity index (χ1n) is 5.16. The lowest BCUT2D eigenvalue weighted by Gasteiger charge is -2.28. The molecule has 0 aromatic rings. The summed E-state index contributed by atoms with van der Waals surface area (Å²) >= 11 is 0. The van der Waals surface area contributed by atoms with Gasteiger partial charge in [0.15, 0.2) is 0 Å². The van der Waals surface area contributed by atoms with Gasteiger partial charge in [0.1, 0.15) is 0 Å². The zero-order valence-electron chi connectivity index (χ0n) is 8.70. The van der Waals surface area contributed by atoms with Crippen molar-refractivity contribution in [3.63, 3.8) is 0 Å². The number of halogens is 1. The van der Waals surface area contributed by atoms with Gasteiger partial charge in [0, 0.05) is 0 Å². The Morgan fingerprint density at radius 3 is 2.64 bits per heavy atom. The lowest BCUT2D eigenvalue weighted by atomic mass is 9.79. The Labute approximate surface area is 91.8 Å². The van der Waals surface area contributed by atoms with Gasteiger partial charge in [0.05, 0.1) is 12.5 Å². The highest BCUT2D eigenvalue weighted by molar-refractivity contribution is 5.85. The largest absolute Gasteiger partial charge is 0.466 e. The summed E-state index contributed by atoms with van der Waals surface area (Å²) in [7, 11) is 0. The molecule has 0 aromatic heterocycles. The third-order valence-electron chi connectivity index (χ3n) is 2.80.